The van der Waals surface area contributed by atoms with Crippen molar-refractivity contribution >= 4 is 51.6 Å². The maximum atomic E-state index is 12.0. The molecule has 2 N–H and O–H groups in total. The van der Waals surface area contributed by atoms with Crippen LogP contribution in [0.25, 0.3) is 0 Å². The third-order valence-corrected chi connectivity index (χ3v) is 6.59. The molecule has 2 aliphatic rings. The fraction of sp³-hybridized carbons (Fsp3) is 0.636. The number of nitrogens with zero attached hydrogens (tertiary/aromatic N) is 3. The molecule has 2 aliphatic heterocycles. The molecule has 1 amide bonds. The number of hydrogen-bond acceptors (Lipinski definition) is 4. The zero-order valence-corrected chi connectivity index (χ0v) is 22.6. The number of carbonyl (C=O) groups is 1. The Labute approximate surface area is 209 Å². The Hall–Kier alpha value is -1.40. The van der Waals surface area contributed by atoms with Gasteiger partial charge in [-0.15, -0.1) is 24.0 Å². The summed E-state index contributed by atoms with van der Waals surface area (Å²) in [5.74, 6) is 1.33. The molecule has 1 aromatic rings. The molecule has 0 aromatic heterocycles. The Kier molecular flexibility index (Phi) is 9.35. The van der Waals surface area contributed by atoms with Crippen molar-refractivity contribution in [1.82, 2.24) is 14.9 Å². The first-order chi connectivity index (χ1) is 14.6. The number of amides is 1. The molecular weight excluding hydrogens is 541 g/mol. The topological polar surface area (TPSA) is 94.1 Å². The molecule has 1 unspecified atom stereocenters. The summed E-state index contributed by atoms with van der Waals surface area (Å²) in [6.07, 6.45) is 3.71. The van der Waals surface area contributed by atoms with E-state index in [2.05, 4.69) is 33.1 Å². The lowest BCUT2D eigenvalue weighted by atomic mass is 9.98. The van der Waals surface area contributed by atoms with Gasteiger partial charge in [0, 0.05) is 49.7 Å². The first kappa shape index (κ1) is 26.8. The lowest BCUT2D eigenvalue weighted by Gasteiger charge is -2.27. The number of para-hydroxylation sites is 1. The molecule has 0 radical (unpaired) electrons. The monoisotopic (exact) mass is 577 g/mol. The zero-order valence-electron chi connectivity index (χ0n) is 19.4. The Morgan fingerprint density at radius 2 is 2.00 bits per heavy atom. The van der Waals surface area contributed by atoms with Crippen LogP contribution in [0, 0.1) is 0 Å². The van der Waals surface area contributed by atoms with Crippen molar-refractivity contribution in [2.45, 2.75) is 51.5 Å². The average molecular weight is 578 g/mol. The molecular formula is C22H36IN5O3S. The summed E-state index contributed by atoms with van der Waals surface area (Å²) in [6.45, 7) is 9.14. The minimum Gasteiger partial charge on any atom is -0.356 e. The highest BCUT2D eigenvalue weighted by Crippen LogP contribution is 2.38. The van der Waals surface area contributed by atoms with Gasteiger partial charge in [-0.2, -0.15) is 0 Å². The molecule has 32 heavy (non-hydrogen) atoms. The zero-order chi connectivity index (χ0) is 22.6. The van der Waals surface area contributed by atoms with E-state index in [1.54, 1.807) is 0 Å². The van der Waals surface area contributed by atoms with Crippen molar-refractivity contribution in [2.75, 3.05) is 43.9 Å². The van der Waals surface area contributed by atoms with Gasteiger partial charge in [0.2, 0.25) is 15.9 Å². The summed E-state index contributed by atoms with van der Waals surface area (Å²) in [4.78, 5) is 20.9. The average Bonchev–Trinajstić information content (AvgIpc) is 3.25. The van der Waals surface area contributed by atoms with Crippen LogP contribution in [0.1, 0.15) is 51.5 Å². The van der Waals surface area contributed by atoms with Crippen molar-refractivity contribution in [2.24, 2.45) is 4.99 Å². The van der Waals surface area contributed by atoms with Crippen LogP contribution in [0.5, 0.6) is 0 Å². The number of benzene rings is 1. The standard InChI is InChI=1S/C22H35N5O3S.HI/c1-5-23-21(24-16-22(2,3)25-31(4,29)30)27-15-17(18-9-6-7-10-19(18)27)12-14-26-13-8-11-20(26)28;/h6-7,9-10,17,25H,5,8,11-16H2,1-4H3,(H,23,24);1H. The lowest BCUT2D eigenvalue weighted by molar-refractivity contribution is -0.127. The number of guanidine groups is 1. The molecule has 1 saturated heterocycles. The van der Waals surface area contributed by atoms with E-state index in [1.165, 1.54) is 5.56 Å². The number of likely N-dealkylation sites (tertiary alicyclic amines) is 1. The quantitative estimate of drug-likeness (QED) is 0.282. The van der Waals surface area contributed by atoms with E-state index in [0.717, 1.165) is 50.4 Å². The summed E-state index contributed by atoms with van der Waals surface area (Å²) >= 11 is 0. The highest BCUT2D eigenvalue weighted by molar-refractivity contribution is 14.0. The molecule has 0 saturated carbocycles. The number of anilines is 1. The number of halogens is 1. The van der Waals surface area contributed by atoms with Crippen LogP contribution in [-0.2, 0) is 14.8 Å². The van der Waals surface area contributed by atoms with Gasteiger partial charge in [-0.1, -0.05) is 18.2 Å². The van der Waals surface area contributed by atoms with Crippen molar-refractivity contribution in [3.8, 4) is 0 Å². The molecule has 180 valence electrons. The number of aliphatic imine (C=N–C) groups is 1. The number of fused-ring (bicyclic) bond motifs is 1. The van der Waals surface area contributed by atoms with Crippen LogP contribution in [0.15, 0.2) is 29.3 Å². The van der Waals surface area contributed by atoms with Crippen LogP contribution in [0.2, 0.25) is 0 Å². The van der Waals surface area contributed by atoms with E-state index in [1.807, 2.05) is 31.7 Å². The largest absolute Gasteiger partial charge is 0.356 e. The number of sulfonamides is 1. The Bertz CT molecular complexity index is 935. The van der Waals surface area contributed by atoms with Crippen LogP contribution in [0.4, 0.5) is 5.69 Å². The van der Waals surface area contributed by atoms with Gasteiger partial charge in [0.05, 0.1) is 12.8 Å². The molecule has 2 heterocycles. The molecule has 3 rings (SSSR count). The van der Waals surface area contributed by atoms with Gasteiger partial charge in [-0.05, 0) is 45.2 Å². The summed E-state index contributed by atoms with van der Waals surface area (Å²) in [7, 11) is -3.32. The maximum absolute atomic E-state index is 12.0. The molecule has 0 bridgehead atoms. The third kappa shape index (κ3) is 7.05. The second-order valence-corrected chi connectivity index (χ2v) is 10.8. The first-order valence-electron chi connectivity index (χ1n) is 11.0. The Morgan fingerprint density at radius 3 is 2.62 bits per heavy atom. The van der Waals surface area contributed by atoms with Gasteiger partial charge >= 0.3 is 0 Å². The Morgan fingerprint density at radius 1 is 1.28 bits per heavy atom. The van der Waals surface area contributed by atoms with Gasteiger partial charge in [-0.25, -0.2) is 13.1 Å². The van der Waals surface area contributed by atoms with Crippen LogP contribution in [0.3, 0.4) is 0 Å². The predicted molar refractivity (Wildman–Crippen MR) is 140 cm³/mol. The summed E-state index contributed by atoms with van der Waals surface area (Å²) in [6, 6.07) is 8.34. The normalized spacial score (nSPS) is 19.2. The van der Waals surface area contributed by atoms with Crippen LogP contribution >= 0.6 is 24.0 Å². The molecule has 1 aromatic carbocycles. The SMILES string of the molecule is CCNC(=NCC(C)(C)NS(C)(=O)=O)N1CC(CCN2CCCC2=O)c2ccccc21.I. The third-order valence-electron chi connectivity index (χ3n) is 5.67. The number of nitrogens with one attached hydrogen (secondary N) is 2. The lowest BCUT2D eigenvalue weighted by Crippen LogP contribution is -2.47. The van der Waals surface area contributed by atoms with Crippen LogP contribution < -0.4 is 14.9 Å². The number of carbonyl (C=O) groups excluding carboxylic acids is 1. The maximum Gasteiger partial charge on any atom is 0.222 e. The van der Waals surface area contributed by atoms with Crippen molar-refractivity contribution in [1.29, 1.82) is 0 Å². The van der Waals surface area contributed by atoms with Crippen molar-refractivity contribution in [3.63, 3.8) is 0 Å². The summed E-state index contributed by atoms with van der Waals surface area (Å²) in [5, 5.41) is 3.36. The highest BCUT2D eigenvalue weighted by Gasteiger charge is 2.32. The fourth-order valence-corrected chi connectivity index (χ4v) is 5.46. The van der Waals surface area contributed by atoms with Gasteiger partial charge in [-0.3, -0.25) is 9.79 Å². The molecule has 0 aliphatic carbocycles. The highest BCUT2D eigenvalue weighted by atomic mass is 127. The van der Waals surface area contributed by atoms with Crippen molar-refractivity contribution < 1.29 is 13.2 Å². The minimum atomic E-state index is -3.32. The van der Waals surface area contributed by atoms with Crippen LogP contribution in [-0.4, -0.2) is 69.7 Å². The molecule has 8 nitrogen and oxygen atoms in total. The summed E-state index contributed by atoms with van der Waals surface area (Å²) < 4.78 is 26.0. The van der Waals surface area contributed by atoms with E-state index in [-0.39, 0.29) is 29.9 Å². The molecule has 10 heteroatoms. The molecule has 0 spiro atoms. The smallest absolute Gasteiger partial charge is 0.222 e. The van der Waals surface area contributed by atoms with E-state index < -0.39 is 15.6 Å². The molecule has 1 fully saturated rings. The predicted octanol–water partition coefficient (Wildman–Crippen LogP) is 2.51. The van der Waals surface area contributed by atoms with E-state index in [0.29, 0.717) is 25.4 Å². The summed E-state index contributed by atoms with van der Waals surface area (Å²) in [5.41, 5.74) is 1.70. The number of rotatable bonds is 8. The van der Waals surface area contributed by atoms with Gasteiger partial charge in [0.15, 0.2) is 5.96 Å². The van der Waals surface area contributed by atoms with E-state index >= 15 is 0 Å². The fourth-order valence-electron chi connectivity index (χ4n) is 4.40. The van der Waals surface area contributed by atoms with Gasteiger partial charge < -0.3 is 15.1 Å². The Balaban J connectivity index is 0.00000363. The first-order valence-corrected chi connectivity index (χ1v) is 12.9. The van der Waals surface area contributed by atoms with Crippen molar-refractivity contribution in [3.05, 3.63) is 29.8 Å². The molecule has 1 atom stereocenters. The minimum absolute atomic E-state index is 0. The second kappa shape index (κ2) is 11.1. The van der Waals surface area contributed by atoms with E-state index in [9.17, 15) is 13.2 Å². The second-order valence-electron chi connectivity index (χ2n) is 9.07. The van der Waals surface area contributed by atoms with E-state index in [4.69, 9.17) is 4.99 Å². The van der Waals surface area contributed by atoms with Gasteiger partial charge in [0.25, 0.3) is 0 Å². The number of hydrogen-bond donors (Lipinski definition) is 2. The van der Waals surface area contributed by atoms with Gasteiger partial charge in [0.1, 0.15) is 0 Å².